The molecule has 0 unspecified atom stereocenters. The van der Waals surface area contributed by atoms with Gasteiger partial charge in [-0.3, -0.25) is 4.79 Å². The van der Waals surface area contributed by atoms with Gasteiger partial charge in [0.25, 0.3) is 0 Å². The SMILES string of the molecule is CCN(CC)CCN(CCC(=O)O)c1ccccc1. The quantitative estimate of drug-likeness (QED) is 0.743. The van der Waals surface area contributed by atoms with Gasteiger partial charge in [-0.05, 0) is 25.2 Å². The first-order valence-corrected chi connectivity index (χ1v) is 6.91. The standard InChI is InChI=1S/C15H24N2O2/c1-3-16(4-2)12-13-17(11-10-15(18)19)14-8-6-5-7-9-14/h5-9H,3-4,10-13H2,1-2H3,(H,18,19). The number of carbonyl (C=O) groups is 1. The molecular formula is C15H24N2O2. The van der Waals surface area contributed by atoms with Crippen LogP contribution in [0.2, 0.25) is 0 Å². The van der Waals surface area contributed by atoms with Crippen LogP contribution in [0.25, 0.3) is 0 Å². The summed E-state index contributed by atoms with van der Waals surface area (Å²) in [5.74, 6) is -0.747. The summed E-state index contributed by atoms with van der Waals surface area (Å²) in [5, 5.41) is 8.84. The lowest BCUT2D eigenvalue weighted by molar-refractivity contribution is -0.136. The summed E-state index contributed by atoms with van der Waals surface area (Å²) in [6, 6.07) is 10.0. The van der Waals surface area contributed by atoms with Crippen LogP contribution in [-0.2, 0) is 4.79 Å². The molecule has 1 rings (SSSR count). The Labute approximate surface area is 115 Å². The van der Waals surface area contributed by atoms with E-state index in [0.717, 1.165) is 31.9 Å². The smallest absolute Gasteiger partial charge is 0.305 e. The predicted molar refractivity (Wildman–Crippen MR) is 78.7 cm³/mol. The van der Waals surface area contributed by atoms with Gasteiger partial charge in [0.1, 0.15) is 0 Å². The zero-order valence-corrected chi connectivity index (χ0v) is 11.9. The number of likely N-dealkylation sites (N-methyl/N-ethyl adjacent to an activating group) is 1. The van der Waals surface area contributed by atoms with Crippen LogP contribution < -0.4 is 4.90 Å². The number of carboxylic acids is 1. The van der Waals surface area contributed by atoms with Gasteiger partial charge < -0.3 is 14.9 Å². The molecule has 0 saturated carbocycles. The Morgan fingerprint density at radius 2 is 1.68 bits per heavy atom. The van der Waals surface area contributed by atoms with Gasteiger partial charge >= 0.3 is 5.97 Å². The Balaban J connectivity index is 2.61. The summed E-state index contributed by atoms with van der Waals surface area (Å²) < 4.78 is 0. The molecule has 0 heterocycles. The van der Waals surface area contributed by atoms with Crippen LogP contribution in [0.1, 0.15) is 20.3 Å². The van der Waals surface area contributed by atoms with E-state index in [1.807, 2.05) is 30.3 Å². The van der Waals surface area contributed by atoms with E-state index in [4.69, 9.17) is 5.11 Å². The van der Waals surface area contributed by atoms with Crippen LogP contribution in [-0.4, -0.2) is 48.7 Å². The summed E-state index contributed by atoms with van der Waals surface area (Å²) >= 11 is 0. The Morgan fingerprint density at radius 3 is 2.21 bits per heavy atom. The van der Waals surface area contributed by atoms with Crippen molar-refractivity contribution in [3.63, 3.8) is 0 Å². The number of rotatable bonds is 9. The van der Waals surface area contributed by atoms with Crippen LogP contribution in [0.3, 0.4) is 0 Å². The lowest BCUT2D eigenvalue weighted by Crippen LogP contribution is -2.36. The molecule has 0 saturated heterocycles. The highest BCUT2D eigenvalue weighted by Gasteiger charge is 2.09. The highest BCUT2D eigenvalue weighted by molar-refractivity contribution is 5.67. The van der Waals surface area contributed by atoms with Gasteiger partial charge in [-0.1, -0.05) is 32.0 Å². The summed E-state index contributed by atoms with van der Waals surface area (Å²) in [5.41, 5.74) is 1.09. The van der Waals surface area contributed by atoms with E-state index in [0.29, 0.717) is 6.54 Å². The van der Waals surface area contributed by atoms with Crippen molar-refractivity contribution in [2.45, 2.75) is 20.3 Å². The van der Waals surface area contributed by atoms with Gasteiger partial charge in [-0.25, -0.2) is 0 Å². The topological polar surface area (TPSA) is 43.8 Å². The monoisotopic (exact) mass is 264 g/mol. The summed E-state index contributed by atoms with van der Waals surface area (Å²) in [7, 11) is 0. The number of hydrogen-bond acceptors (Lipinski definition) is 3. The molecule has 0 atom stereocenters. The third kappa shape index (κ3) is 5.75. The molecule has 0 aliphatic rings. The Kier molecular flexibility index (Phi) is 6.97. The Morgan fingerprint density at radius 1 is 1.05 bits per heavy atom. The van der Waals surface area contributed by atoms with Crippen LogP contribution in [0.4, 0.5) is 5.69 Å². The average Bonchev–Trinajstić information content (AvgIpc) is 2.43. The van der Waals surface area contributed by atoms with Crippen molar-refractivity contribution >= 4 is 11.7 Å². The molecule has 106 valence electrons. The molecule has 0 spiro atoms. The number of benzene rings is 1. The molecule has 1 N–H and O–H groups in total. The first kappa shape index (κ1) is 15.5. The second-order valence-corrected chi connectivity index (χ2v) is 4.49. The van der Waals surface area contributed by atoms with E-state index in [2.05, 4.69) is 23.6 Å². The maximum atomic E-state index is 10.7. The van der Waals surface area contributed by atoms with Gasteiger partial charge in [0.15, 0.2) is 0 Å². The molecule has 0 amide bonds. The van der Waals surface area contributed by atoms with Crippen molar-refractivity contribution in [1.82, 2.24) is 4.90 Å². The fraction of sp³-hybridized carbons (Fsp3) is 0.533. The largest absolute Gasteiger partial charge is 0.481 e. The minimum absolute atomic E-state index is 0.174. The fourth-order valence-corrected chi connectivity index (χ4v) is 2.04. The molecule has 0 aliphatic carbocycles. The van der Waals surface area contributed by atoms with Crippen molar-refractivity contribution in [2.24, 2.45) is 0 Å². The summed E-state index contributed by atoms with van der Waals surface area (Å²) in [6.07, 6.45) is 0.174. The predicted octanol–water partition coefficient (Wildman–Crippen LogP) is 2.31. The van der Waals surface area contributed by atoms with Crippen LogP contribution in [0, 0.1) is 0 Å². The first-order valence-electron chi connectivity index (χ1n) is 6.91. The van der Waals surface area contributed by atoms with Gasteiger partial charge in [0, 0.05) is 25.3 Å². The zero-order valence-electron chi connectivity index (χ0n) is 11.9. The van der Waals surface area contributed by atoms with Crippen LogP contribution >= 0.6 is 0 Å². The van der Waals surface area contributed by atoms with Crippen LogP contribution in [0.15, 0.2) is 30.3 Å². The van der Waals surface area contributed by atoms with Gasteiger partial charge in [-0.2, -0.15) is 0 Å². The number of carboxylic acid groups (broad SMARTS) is 1. The highest BCUT2D eigenvalue weighted by atomic mass is 16.4. The van der Waals surface area contributed by atoms with Gasteiger partial charge in [0.05, 0.1) is 6.42 Å². The van der Waals surface area contributed by atoms with E-state index in [1.54, 1.807) is 0 Å². The van der Waals surface area contributed by atoms with Crippen molar-refractivity contribution in [2.75, 3.05) is 37.6 Å². The molecule has 0 radical (unpaired) electrons. The molecule has 0 aliphatic heterocycles. The van der Waals surface area contributed by atoms with Crippen molar-refractivity contribution in [3.8, 4) is 0 Å². The maximum Gasteiger partial charge on any atom is 0.305 e. The lowest BCUT2D eigenvalue weighted by Gasteiger charge is -2.27. The second-order valence-electron chi connectivity index (χ2n) is 4.49. The maximum absolute atomic E-state index is 10.7. The number of aliphatic carboxylic acids is 1. The number of anilines is 1. The van der Waals surface area contributed by atoms with Crippen molar-refractivity contribution in [1.29, 1.82) is 0 Å². The molecule has 1 aromatic carbocycles. The molecule has 4 heteroatoms. The third-order valence-electron chi connectivity index (χ3n) is 3.30. The van der Waals surface area contributed by atoms with Crippen LogP contribution in [0.5, 0.6) is 0 Å². The van der Waals surface area contributed by atoms with E-state index >= 15 is 0 Å². The molecular weight excluding hydrogens is 240 g/mol. The molecule has 19 heavy (non-hydrogen) atoms. The van der Waals surface area contributed by atoms with Crippen molar-refractivity contribution < 1.29 is 9.90 Å². The zero-order chi connectivity index (χ0) is 14.1. The molecule has 1 aromatic rings. The Hall–Kier alpha value is -1.55. The molecule has 0 fully saturated rings. The lowest BCUT2D eigenvalue weighted by atomic mass is 10.2. The normalized spacial score (nSPS) is 10.7. The number of nitrogens with zero attached hydrogens (tertiary/aromatic N) is 2. The van der Waals surface area contributed by atoms with E-state index in [-0.39, 0.29) is 6.42 Å². The summed E-state index contributed by atoms with van der Waals surface area (Å²) in [4.78, 5) is 15.2. The average molecular weight is 264 g/mol. The van der Waals surface area contributed by atoms with E-state index in [9.17, 15) is 4.79 Å². The number of para-hydroxylation sites is 1. The second kappa shape index (κ2) is 8.53. The molecule has 0 aromatic heterocycles. The minimum atomic E-state index is -0.747. The fourth-order valence-electron chi connectivity index (χ4n) is 2.04. The third-order valence-corrected chi connectivity index (χ3v) is 3.30. The molecule has 0 bridgehead atoms. The van der Waals surface area contributed by atoms with Gasteiger partial charge in [0.2, 0.25) is 0 Å². The van der Waals surface area contributed by atoms with E-state index in [1.165, 1.54) is 0 Å². The van der Waals surface area contributed by atoms with Gasteiger partial charge in [-0.15, -0.1) is 0 Å². The Bertz CT molecular complexity index is 364. The minimum Gasteiger partial charge on any atom is -0.481 e. The number of hydrogen-bond donors (Lipinski definition) is 1. The summed E-state index contributed by atoms with van der Waals surface area (Å²) in [6.45, 7) is 8.72. The first-order chi connectivity index (χ1) is 9.17. The highest BCUT2D eigenvalue weighted by Crippen LogP contribution is 2.13. The van der Waals surface area contributed by atoms with Crippen molar-refractivity contribution in [3.05, 3.63) is 30.3 Å². The molecule has 4 nitrogen and oxygen atoms in total. The van der Waals surface area contributed by atoms with E-state index < -0.39 is 5.97 Å².